The summed E-state index contributed by atoms with van der Waals surface area (Å²) in [6.45, 7) is 1.08. The van der Waals surface area contributed by atoms with Gasteiger partial charge in [-0.3, -0.25) is 0 Å². The van der Waals surface area contributed by atoms with Crippen LogP contribution in [0.5, 0.6) is 0 Å². The number of aryl methyl sites for hydroxylation is 2. The molecule has 2 aromatic rings. The largest absolute Gasteiger partial charge is 0.348 e. The van der Waals surface area contributed by atoms with Crippen LogP contribution in [0, 0.1) is 0 Å². The number of fused-ring (bicyclic) bond motifs is 1. The Kier molecular flexibility index (Phi) is 3.07. The Balaban J connectivity index is 2.24. The monoisotopic (exact) mass is 202 g/mol. The van der Waals surface area contributed by atoms with Crippen LogP contribution in [0.25, 0.3) is 10.9 Å². The van der Waals surface area contributed by atoms with Gasteiger partial charge in [0.15, 0.2) is 0 Å². The summed E-state index contributed by atoms with van der Waals surface area (Å²) < 4.78 is 2.30. The van der Waals surface area contributed by atoms with Gasteiger partial charge >= 0.3 is 0 Å². The molecule has 15 heavy (non-hydrogen) atoms. The predicted octanol–water partition coefficient (Wildman–Crippen LogP) is 2.33. The fourth-order valence-corrected chi connectivity index (χ4v) is 2.03. The maximum atomic E-state index is 3.18. The van der Waals surface area contributed by atoms with Gasteiger partial charge in [-0.25, -0.2) is 0 Å². The average Bonchev–Trinajstić information content (AvgIpc) is 2.57. The molecule has 0 amide bonds. The highest BCUT2D eigenvalue weighted by atomic mass is 14.9. The van der Waals surface area contributed by atoms with Crippen LogP contribution in [-0.4, -0.2) is 18.2 Å². The second-order valence-corrected chi connectivity index (χ2v) is 3.96. The van der Waals surface area contributed by atoms with E-state index in [2.05, 4.69) is 47.3 Å². The molecule has 0 aliphatic heterocycles. The minimum Gasteiger partial charge on any atom is -0.348 e. The van der Waals surface area contributed by atoms with E-state index in [1.807, 2.05) is 7.05 Å². The first-order valence-electron chi connectivity index (χ1n) is 5.51. The van der Waals surface area contributed by atoms with Crippen molar-refractivity contribution >= 4 is 10.9 Å². The van der Waals surface area contributed by atoms with E-state index < -0.39 is 0 Å². The smallest absolute Gasteiger partial charge is 0.0479 e. The van der Waals surface area contributed by atoms with E-state index in [0.29, 0.717) is 0 Å². The van der Waals surface area contributed by atoms with Crippen molar-refractivity contribution in [1.82, 2.24) is 9.88 Å². The molecule has 2 rings (SSSR count). The van der Waals surface area contributed by atoms with E-state index in [9.17, 15) is 0 Å². The van der Waals surface area contributed by atoms with Crippen molar-refractivity contribution in [2.24, 2.45) is 7.05 Å². The van der Waals surface area contributed by atoms with E-state index in [4.69, 9.17) is 0 Å². The molecule has 2 heteroatoms. The summed E-state index contributed by atoms with van der Waals surface area (Å²) in [6.07, 6.45) is 2.34. The lowest BCUT2D eigenvalue weighted by molar-refractivity contribution is 0.699. The van der Waals surface area contributed by atoms with E-state index in [0.717, 1.165) is 13.0 Å². The van der Waals surface area contributed by atoms with Crippen molar-refractivity contribution in [3.63, 3.8) is 0 Å². The lowest BCUT2D eigenvalue weighted by Crippen LogP contribution is -2.09. The second-order valence-electron chi connectivity index (χ2n) is 3.96. The predicted molar refractivity (Wildman–Crippen MR) is 65.2 cm³/mol. The van der Waals surface area contributed by atoms with Gasteiger partial charge in [-0.15, -0.1) is 0 Å². The lowest BCUT2D eigenvalue weighted by Gasteiger charge is -2.03. The standard InChI is InChI=1S/C13H18N2/c1-14-9-5-7-12-10-11-6-3-4-8-13(11)15(12)2/h3-4,6,8,10,14H,5,7,9H2,1-2H3. The Hall–Kier alpha value is -1.28. The van der Waals surface area contributed by atoms with Crippen LogP contribution in [0.15, 0.2) is 30.3 Å². The molecule has 0 aliphatic carbocycles. The minimum absolute atomic E-state index is 1.08. The first-order chi connectivity index (χ1) is 7.33. The van der Waals surface area contributed by atoms with Crippen LogP contribution in [0.2, 0.25) is 0 Å². The van der Waals surface area contributed by atoms with Gasteiger partial charge in [0.05, 0.1) is 0 Å². The number of benzene rings is 1. The third-order valence-corrected chi connectivity index (χ3v) is 2.91. The molecule has 0 unspecified atom stereocenters. The van der Waals surface area contributed by atoms with E-state index in [-0.39, 0.29) is 0 Å². The van der Waals surface area contributed by atoms with Crippen molar-refractivity contribution in [1.29, 1.82) is 0 Å². The number of nitrogens with zero attached hydrogens (tertiary/aromatic N) is 1. The number of para-hydroxylation sites is 1. The van der Waals surface area contributed by atoms with Gasteiger partial charge in [-0.05, 0) is 44.0 Å². The highest BCUT2D eigenvalue weighted by Crippen LogP contribution is 2.18. The third kappa shape index (κ3) is 2.05. The molecule has 80 valence electrons. The maximum absolute atomic E-state index is 3.18. The molecule has 1 N–H and O–H groups in total. The molecular weight excluding hydrogens is 184 g/mol. The molecule has 0 spiro atoms. The Bertz CT molecular complexity index is 443. The summed E-state index contributed by atoms with van der Waals surface area (Å²) in [7, 11) is 4.15. The molecule has 2 nitrogen and oxygen atoms in total. The van der Waals surface area contributed by atoms with Gasteiger partial charge in [0.1, 0.15) is 0 Å². The maximum Gasteiger partial charge on any atom is 0.0479 e. The number of rotatable bonds is 4. The van der Waals surface area contributed by atoms with E-state index in [1.165, 1.54) is 23.0 Å². The van der Waals surface area contributed by atoms with Crippen molar-refractivity contribution in [2.45, 2.75) is 12.8 Å². The molecule has 0 bridgehead atoms. The summed E-state index contributed by atoms with van der Waals surface area (Å²) in [6, 6.07) is 10.8. The number of hydrogen-bond acceptors (Lipinski definition) is 1. The fourth-order valence-electron chi connectivity index (χ4n) is 2.03. The average molecular weight is 202 g/mol. The van der Waals surface area contributed by atoms with Crippen LogP contribution >= 0.6 is 0 Å². The zero-order chi connectivity index (χ0) is 10.7. The quantitative estimate of drug-likeness (QED) is 0.753. The molecule has 1 aromatic heterocycles. The van der Waals surface area contributed by atoms with Gasteiger partial charge in [0.2, 0.25) is 0 Å². The molecule has 0 saturated carbocycles. The SMILES string of the molecule is CNCCCc1cc2ccccc2n1C. The Morgan fingerprint density at radius 2 is 2.07 bits per heavy atom. The summed E-state index contributed by atoms with van der Waals surface area (Å²) in [5, 5.41) is 4.53. The van der Waals surface area contributed by atoms with Crippen molar-refractivity contribution in [3.8, 4) is 0 Å². The van der Waals surface area contributed by atoms with Crippen LogP contribution in [0.3, 0.4) is 0 Å². The number of aromatic nitrogens is 1. The fraction of sp³-hybridized carbons (Fsp3) is 0.385. The topological polar surface area (TPSA) is 17.0 Å². The molecule has 0 radical (unpaired) electrons. The van der Waals surface area contributed by atoms with Gasteiger partial charge in [-0.1, -0.05) is 18.2 Å². The van der Waals surface area contributed by atoms with Gasteiger partial charge in [0, 0.05) is 18.3 Å². The second kappa shape index (κ2) is 4.49. The minimum atomic E-state index is 1.08. The summed E-state index contributed by atoms with van der Waals surface area (Å²) in [5.74, 6) is 0. The molecule has 1 heterocycles. The Labute approximate surface area is 90.9 Å². The van der Waals surface area contributed by atoms with Crippen LogP contribution < -0.4 is 5.32 Å². The Morgan fingerprint density at radius 1 is 1.27 bits per heavy atom. The molecule has 0 aliphatic rings. The highest BCUT2D eigenvalue weighted by Gasteiger charge is 2.03. The molecule has 0 saturated heterocycles. The number of nitrogens with one attached hydrogen (secondary N) is 1. The van der Waals surface area contributed by atoms with Gasteiger partial charge < -0.3 is 9.88 Å². The normalized spacial score (nSPS) is 11.1. The Morgan fingerprint density at radius 3 is 2.80 bits per heavy atom. The highest BCUT2D eigenvalue weighted by molar-refractivity contribution is 5.81. The third-order valence-electron chi connectivity index (χ3n) is 2.91. The summed E-state index contributed by atoms with van der Waals surface area (Å²) in [4.78, 5) is 0. The number of hydrogen-bond donors (Lipinski definition) is 1. The van der Waals surface area contributed by atoms with Crippen molar-refractivity contribution in [3.05, 3.63) is 36.0 Å². The van der Waals surface area contributed by atoms with E-state index in [1.54, 1.807) is 0 Å². The van der Waals surface area contributed by atoms with Crippen LogP contribution in [0.1, 0.15) is 12.1 Å². The van der Waals surface area contributed by atoms with E-state index >= 15 is 0 Å². The van der Waals surface area contributed by atoms with Crippen LogP contribution in [0.4, 0.5) is 0 Å². The lowest BCUT2D eigenvalue weighted by atomic mass is 10.2. The first-order valence-corrected chi connectivity index (χ1v) is 5.51. The molecule has 0 fully saturated rings. The zero-order valence-corrected chi connectivity index (χ0v) is 9.46. The molecule has 0 atom stereocenters. The zero-order valence-electron chi connectivity index (χ0n) is 9.46. The van der Waals surface area contributed by atoms with Crippen molar-refractivity contribution in [2.75, 3.05) is 13.6 Å². The summed E-state index contributed by atoms with van der Waals surface area (Å²) >= 11 is 0. The van der Waals surface area contributed by atoms with Crippen LogP contribution in [-0.2, 0) is 13.5 Å². The van der Waals surface area contributed by atoms with Crippen molar-refractivity contribution < 1.29 is 0 Å². The first kappa shape index (κ1) is 10.2. The van der Waals surface area contributed by atoms with Gasteiger partial charge in [-0.2, -0.15) is 0 Å². The molecular formula is C13H18N2. The van der Waals surface area contributed by atoms with Gasteiger partial charge in [0.25, 0.3) is 0 Å². The summed E-state index contributed by atoms with van der Waals surface area (Å²) in [5.41, 5.74) is 2.75. The molecule has 1 aromatic carbocycles.